The van der Waals surface area contributed by atoms with Crippen LogP contribution in [0.5, 0.6) is 0 Å². The normalized spacial score (nSPS) is 15.0. The van der Waals surface area contributed by atoms with Gasteiger partial charge in [0.25, 0.3) is 0 Å². The first kappa shape index (κ1) is 13.7. The summed E-state index contributed by atoms with van der Waals surface area (Å²) in [5.74, 6) is 0. The Morgan fingerprint density at radius 1 is 1.05 bits per heavy atom. The first-order valence-corrected chi connectivity index (χ1v) is 6.93. The molecule has 5 heteroatoms. The van der Waals surface area contributed by atoms with Gasteiger partial charge in [0, 0.05) is 12.1 Å². The van der Waals surface area contributed by atoms with Crippen LogP contribution in [0.15, 0.2) is 18.5 Å². The van der Waals surface area contributed by atoms with Crippen LogP contribution in [-0.2, 0) is 6.54 Å². The van der Waals surface area contributed by atoms with Crippen molar-refractivity contribution in [1.29, 1.82) is 0 Å². The summed E-state index contributed by atoms with van der Waals surface area (Å²) in [6.45, 7) is 0.389. The van der Waals surface area contributed by atoms with Crippen LogP contribution in [-0.4, -0.2) is 9.61 Å². The molecule has 1 aliphatic carbocycles. The lowest BCUT2D eigenvalue weighted by Crippen LogP contribution is -2.05. The van der Waals surface area contributed by atoms with E-state index in [4.69, 9.17) is 17.2 Å². The summed E-state index contributed by atoms with van der Waals surface area (Å²) in [5, 5.41) is 4.11. The van der Waals surface area contributed by atoms with Gasteiger partial charge < -0.3 is 17.2 Å². The molecule has 1 fully saturated rings. The summed E-state index contributed by atoms with van der Waals surface area (Å²) < 4.78 is 1.64. The molecule has 0 saturated heterocycles. The van der Waals surface area contributed by atoms with Crippen molar-refractivity contribution in [2.24, 2.45) is 5.73 Å². The summed E-state index contributed by atoms with van der Waals surface area (Å²) in [4.78, 5) is 0. The summed E-state index contributed by atoms with van der Waals surface area (Å²) in [6.07, 6.45) is 12.4. The first-order chi connectivity index (χ1) is 9.22. The molecule has 2 aromatic heterocycles. The maximum Gasteiger partial charge on any atom is 0.0900 e. The van der Waals surface area contributed by atoms with Crippen LogP contribution in [0.3, 0.4) is 0 Å². The number of nitrogens with two attached hydrogens (primary N) is 3. The van der Waals surface area contributed by atoms with E-state index in [-0.39, 0.29) is 0 Å². The smallest absolute Gasteiger partial charge is 0.0900 e. The van der Waals surface area contributed by atoms with Crippen molar-refractivity contribution in [1.82, 2.24) is 9.61 Å². The standard InChI is InChI=1S/C8H11N5.C6H12/c9-2-5-3-12-13-4-6(10)1-7(13)8(5)11;1-2-4-6-5-3-1/h1,3-4H,2,9-11H2;1-6H2. The molecular weight excluding hydrogens is 238 g/mol. The average Bonchev–Trinajstić information content (AvgIpc) is 2.83. The molecule has 19 heavy (non-hydrogen) atoms. The molecule has 104 valence electrons. The minimum Gasteiger partial charge on any atom is -0.397 e. The highest BCUT2D eigenvalue weighted by molar-refractivity contribution is 5.75. The van der Waals surface area contributed by atoms with Crippen molar-refractivity contribution >= 4 is 16.9 Å². The van der Waals surface area contributed by atoms with Gasteiger partial charge in [-0.3, -0.25) is 0 Å². The van der Waals surface area contributed by atoms with Gasteiger partial charge in [-0.05, 0) is 6.07 Å². The van der Waals surface area contributed by atoms with Crippen molar-refractivity contribution in [2.45, 2.75) is 45.1 Å². The van der Waals surface area contributed by atoms with Crippen LogP contribution in [0.2, 0.25) is 0 Å². The third-order valence-electron chi connectivity index (χ3n) is 3.50. The van der Waals surface area contributed by atoms with Crippen LogP contribution in [0, 0.1) is 0 Å². The van der Waals surface area contributed by atoms with Gasteiger partial charge >= 0.3 is 0 Å². The molecule has 1 saturated carbocycles. The number of aromatic nitrogens is 2. The predicted molar refractivity (Wildman–Crippen MR) is 79.6 cm³/mol. The molecule has 0 amide bonds. The van der Waals surface area contributed by atoms with Gasteiger partial charge in [0.15, 0.2) is 0 Å². The van der Waals surface area contributed by atoms with E-state index in [1.54, 1.807) is 23.0 Å². The largest absolute Gasteiger partial charge is 0.397 e. The van der Waals surface area contributed by atoms with E-state index in [9.17, 15) is 0 Å². The van der Waals surface area contributed by atoms with E-state index < -0.39 is 0 Å². The highest BCUT2D eigenvalue weighted by Gasteiger charge is 2.05. The predicted octanol–water partition coefficient (Wildman–Crippen LogP) is 2.30. The fraction of sp³-hybridized carbons (Fsp3) is 0.500. The van der Waals surface area contributed by atoms with Gasteiger partial charge in [-0.15, -0.1) is 0 Å². The molecule has 2 heterocycles. The second-order valence-corrected chi connectivity index (χ2v) is 5.01. The van der Waals surface area contributed by atoms with Crippen LogP contribution >= 0.6 is 0 Å². The van der Waals surface area contributed by atoms with Gasteiger partial charge in [0.2, 0.25) is 0 Å². The van der Waals surface area contributed by atoms with Gasteiger partial charge in [0.1, 0.15) is 0 Å². The third-order valence-corrected chi connectivity index (χ3v) is 3.50. The Labute approximate surface area is 113 Å². The lowest BCUT2D eigenvalue weighted by molar-refractivity contribution is 0.504. The Kier molecular flexibility index (Phi) is 4.63. The van der Waals surface area contributed by atoms with E-state index in [0.29, 0.717) is 17.9 Å². The number of hydrogen-bond acceptors (Lipinski definition) is 4. The average molecular weight is 261 g/mol. The minimum absolute atomic E-state index is 0.389. The van der Waals surface area contributed by atoms with Crippen molar-refractivity contribution in [2.75, 3.05) is 11.5 Å². The number of fused-ring (bicyclic) bond motifs is 1. The Morgan fingerprint density at radius 2 is 1.63 bits per heavy atom. The molecule has 0 unspecified atom stereocenters. The van der Waals surface area contributed by atoms with Crippen molar-refractivity contribution < 1.29 is 0 Å². The summed E-state index contributed by atoms with van der Waals surface area (Å²) in [6, 6.07) is 1.78. The fourth-order valence-electron chi connectivity index (χ4n) is 2.36. The van der Waals surface area contributed by atoms with E-state index >= 15 is 0 Å². The fourth-order valence-corrected chi connectivity index (χ4v) is 2.36. The second kappa shape index (κ2) is 6.43. The minimum atomic E-state index is 0.389. The number of rotatable bonds is 1. The highest BCUT2D eigenvalue weighted by Crippen LogP contribution is 2.20. The van der Waals surface area contributed by atoms with Crippen molar-refractivity contribution in [3.8, 4) is 0 Å². The quantitative estimate of drug-likeness (QED) is 0.734. The Hall–Kier alpha value is -1.75. The SMILES string of the molecule is C1CCCCC1.NCc1cnn2cc(N)cc2c1N. The van der Waals surface area contributed by atoms with Crippen LogP contribution in [0.1, 0.15) is 44.1 Å². The van der Waals surface area contributed by atoms with Crippen LogP contribution < -0.4 is 17.2 Å². The Morgan fingerprint density at radius 3 is 2.16 bits per heavy atom. The van der Waals surface area contributed by atoms with Crippen LogP contribution in [0.25, 0.3) is 5.52 Å². The van der Waals surface area contributed by atoms with Gasteiger partial charge in [-0.1, -0.05) is 38.5 Å². The highest BCUT2D eigenvalue weighted by atomic mass is 15.2. The molecule has 0 aromatic carbocycles. The zero-order chi connectivity index (χ0) is 13.7. The van der Waals surface area contributed by atoms with E-state index in [1.165, 1.54) is 38.5 Å². The van der Waals surface area contributed by atoms with Crippen molar-refractivity contribution in [3.63, 3.8) is 0 Å². The molecule has 0 spiro atoms. The molecule has 1 aliphatic rings. The van der Waals surface area contributed by atoms with E-state index in [1.807, 2.05) is 0 Å². The van der Waals surface area contributed by atoms with E-state index in [2.05, 4.69) is 5.10 Å². The first-order valence-electron chi connectivity index (χ1n) is 6.93. The lowest BCUT2D eigenvalue weighted by atomic mass is 10.0. The number of nitrogen functional groups attached to an aromatic ring is 2. The van der Waals surface area contributed by atoms with Crippen LogP contribution in [0.4, 0.5) is 11.4 Å². The lowest BCUT2D eigenvalue weighted by Gasteiger charge is -2.05. The molecule has 5 nitrogen and oxygen atoms in total. The summed E-state index contributed by atoms with van der Waals surface area (Å²) >= 11 is 0. The molecule has 0 radical (unpaired) electrons. The molecule has 0 bridgehead atoms. The molecule has 2 aromatic rings. The molecule has 0 atom stereocenters. The number of anilines is 2. The van der Waals surface area contributed by atoms with Gasteiger partial charge in [-0.2, -0.15) is 5.10 Å². The summed E-state index contributed by atoms with van der Waals surface area (Å²) in [7, 11) is 0. The molecule has 0 aliphatic heterocycles. The van der Waals surface area contributed by atoms with Gasteiger partial charge in [0.05, 0.1) is 29.3 Å². The zero-order valence-electron chi connectivity index (χ0n) is 11.3. The Balaban J connectivity index is 0.000000186. The van der Waals surface area contributed by atoms with Gasteiger partial charge in [-0.25, -0.2) is 4.52 Å². The molecular formula is C14H23N5. The van der Waals surface area contributed by atoms with E-state index in [0.717, 1.165) is 11.1 Å². The maximum absolute atomic E-state index is 5.85. The third kappa shape index (κ3) is 3.38. The molecule has 3 rings (SSSR count). The molecule has 6 N–H and O–H groups in total. The second-order valence-electron chi connectivity index (χ2n) is 5.01. The maximum atomic E-state index is 5.85. The summed E-state index contributed by atoms with van der Waals surface area (Å²) in [5.41, 5.74) is 19.9. The van der Waals surface area contributed by atoms with Crippen molar-refractivity contribution in [3.05, 3.63) is 24.0 Å². The monoisotopic (exact) mass is 261 g/mol. The number of hydrogen-bond donors (Lipinski definition) is 3. The topological polar surface area (TPSA) is 95.4 Å². The Bertz CT molecular complexity index is 516. The zero-order valence-corrected chi connectivity index (χ0v) is 11.3. The number of nitrogens with zero attached hydrogens (tertiary/aromatic N) is 2.